The Morgan fingerprint density at radius 3 is 2.61 bits per heavy atom. The minimum atomic E-state index is -0.477. The lowest BCUT2D eigenvalue weighted by atomic mass is 10.0. The maximum atomic E-state index is 12.2. The van der Waals surface area contributed by atoms with Crippen LogP contribution in [0.3, 0.4) is 0 Å². The number of primary amides is 1. The van der Waals surface area contributed by atoms with E-state index in [1.165, 1.54) is 0 Å². The number of halogens is 2. The first-order chi connectivity index (χ1) is 16.0. The number of rotatable bonds is 5. The van der Waals surface area contributed by atoms with Crippen molar-refractivity contribution in [2.45, 2.75) is 6.54 Å². The maximum Gasteiger partial charge on any atom is 0.249 e. The summed E-state index contributed by atoms with van der Waals surface area (Å²) in [6.07, 6.45) is 0. The van der Waals surface area contributed by atoms with Gasteiger partial charge >= 0.3 is 0 Å². The molecule has 2 N–H and O–H groups in total. The number of amides is 1. The number of hydrogen-bond acceptors (Lipinski definition) is 2. The third kappa shape index (κ3) is 3.71. The average molecular weight is 474 g/mol. The fourth-order valence-corrected chi connectivity index (χ4v) is 4.83. The molecule has 163 valence electrons. The van der Waals surface area contributed by atoms with Gasteiger partial charge in [0.05, 0.1) is 24.7 Å². The zero-order valence-electron chi connectivity index (χ0n) is 17.7. The summed E-state index contributed by atoms with van der Waals surface area (Å²) in [6.45, 7) is 0.540. The van der Waals surface area contributed by atoms with Crippen molar-refractivity contribution in [2.24, 2.45) is 5.73 Å². The third-order valence-electron chi connectivity index (χ3n) is 5.82. The van der Waals surface area contributed by atoms with E-state index in [-0.39, 0.29) is 0 Å². The van der Waals surface area contributed by atoms with Crippen LogP contribution in [0.1, 0.15) is 15.9 Å². The molecular formula is C27H19Cl2N2O2. The quantitative estimate of drug-likeness (QED) is 0.307. The lowest BCUT2D eigenvalue weighted by Gasteiger charge is -2.12. The Morgan fingerprint density at radius 2 is 1.85 bits per heavy atom. The summed E-state index contributed by atoms with van der Waals surface area (Å²) in [5.74, 6) is 0.314. The Kier molecular flexibility index (Phi) is 5.49. The summed E-state index contributed by atoms with van der Waals surface area (Å²) in [7, 11) is 1.66. The Labute approximate surface area is 201 Å². The van der Waals surface area contributed by atoms with Gasteiger partial charge in [-0.2, -0.15) is 0 Å². The molecule has 5 rings (SSSR count). The van der Waals surface area contributed by atoms with Crippen LogP contribution in [0.2, 0.25) is 10.0 Å². The second-order valence-corrected chi connectivity index (χ2v) is 8.58. The molecule has 1 heterocycles. The van der Waals surface area contributed by atoms with E-state index in [2.05, 4.69) is 16.7 Å². The molecule has 4 nitrogen and oxygen atoms in total. The fourth-order valence-electron chi connectivity index (χ4n) is 4.31. The van der Waals surface area contributed by atoms with Crippen LogP contribution in [0.4, 0.5) is 0 Å². The molecule has 0 saturated carbocycles. The normalized spacial score (nSPS) is 11.2. The molecule has 1 radical (unpaired) electrons. The van der Waals surface area contributed by atoms with Gasteiger partial charge in [0.2, 0.25) is 5.91 Å². The number of hydrogen-bond donors (Lipinski definition) is 1. The molecule has 5 aromatic rings. The molecule has 33 heavy (non-hydrogen) atoms. The van der Waals surface area contributed by atoms with Crippen molar-refractivity contribution >= 4 is 50.9 Å². The number of aromatic nitrogens is 1. The molecule has 0 fully saturated rings. The van der Waals surface area contributed by atoms with Crippen LogP contribution < -0.4 is 10.5 Å². The van der Waals surface area contributed by atoms with Gasteiger partial charge in [-0.3, -0.25) is 4.79 Å². The van der Waals surface area contributed by atoms with Gasteiger partial charge < -0.3 is 15.0 Å². The summed E-state index contributed by atoms with van der Waals surface area (Å²) in [6, 6.07) is 26.2. The average Bonchev–Trinajstić information content (AvgIpc) is 3.12. The van der Waals surface area contributed by atoms with E-state index in [0.717, 1.165) is 44.2 Å². The zero-order valence-corrected chi connectivity index (χ0v) is 19.2. The number of methoxy groups -OCH3 is 1. The molecule has 0 aliphatic rings. The lowest BCUT2D eigenvalue weighted by molar-refractivity contribution is 0.100. The van der Waals surface area contributed by atoms with Gasteiger partial charge in [-0.25, -0.2) is 0 Å². The first-order valence-electron chi connectivity index (χ1n) is 10.3. The predicted molar refractivity (Wildman–Crippen MR) is 134 cm³/mol. The second kappa shape index (κ2) is 8.47. The van der Waals surface area contributed by atoms with Gasteiger partial charge in [0.25, 0.3) is 0 Å². The molecule has 6 heteroatoms. The number of fused-ring (bicyclic) bond motifs is 3. The van der Waals surface area contributed by atoms with Gasteiger partial charge in [-0.15, -0.1) is 0 Å². The summed E-state index contributed by atoms with van der Waals surface area (Å²) >= 11 is 12.6. The summed E-state index contributed by atoms with van der Waals surface area (Å²) in [5.41, 5.74) is 10.7. The van der Waals surface area contributed by atoms with Crippen LogP contribution in [0, 0.1) is 6.07 Å². The van der Waals surface area contributed by atoms with E-state index in [4.69, 9.17) is 33.7 Å². The van der Waals surface area contributed by atoms with Crippen molar-refractivity contribution in [3.05, 3.63) is 100 Å². The number of carbonyl (C=O) groups is 1. The molecule has 1 amide bonds. The Morgan fingerprint density at radius 1 is 1.03 bits per heavy atom. The molecule has 0 unspecified atom stereocenters. The number of ether oxygens (including phenoxy) is 1. The number of benzene rings is 4. The van der Waals surface area contributed by atoms with Crippen molar-refractivity contribution in [1.29, 1.82) is 0 Å². The molecule has 0 saturated heterocycles. The van der Waals surface area contributed by atoms with Crippen LogP contribution >= 0.6 is 23.2 Å². The first-order valence-corrected chi connectivity index (χ1v) is 11.1. The molecule has 0 bridgehead atoms. The molecule has 0 atom stereocenters. The lowest BCUT2D eigenvalue weighted by Crippen LogP contribution is -2.11. The van der Waals surface area contributed by atoms with Crippen molar-refractivity contribution in [2.75, 3.05) is 7.11 Å². The summed E-state index contributed by atoms with van der Waals surface area (Å²) in [4.78, 5) is 12.2. The molecule has 0 aliphatic heterocycles. The standard InChI is InChI=1S/C27H19Cl2N2O2/c1-33-25-8-3-2-5-17(25)15-31-23-7-4-6-21(27(30)32)26(23)20-11-9-16(13-24(20)31)19-12-10-18(28)14-22(19)29/h2-10,12-14H,15H2,1H3,(H2,30,32). The summed E-state index contributed by atoms with van der Waals surface area (Å²) < 4.78 is 7.73. The van der Waals surface area contributed by atoms with Crippen LogP contribution in [-0.2, 0) is 6.54 Å². The van der Waals surface area contributed by atoms with Gasteiger partial charge in [-0.05, 0) is 54.1 Å². The number of para-hydroxylation sites is 1. The molecule has 4 aromatic carbocycles. The van der Waals surface area contributed by atoms with Crippen LogP contribution in [0.5, 0.6) is 5.75 Å². The predicted octanol–water partition coefficient (Wildman–Crippen LogP) is 6.72. The third-order valence-corrected chi connectivity index (χ3v) is 6.37. The molecule has 1 aromatic heterocycles. The van der Waals surface area contributed by atoms with Crippen molar-refractivity contribution in [3.8, 4) is 16.9 Å². The Hall–Kier alpha value is -3.47. The van der Waals surface area contributed by atoms with Gasteiger partial charge in [-0.1, -0.05) is 53.5 Å². The largest absolute Gasteiger partial charge is 0.496 e. The van der Waals surface area contributed by atoms with Crippen molar-refractivity contribution in [1.82, 2.24) is 4.57 Å². The molecule has 0 spiro atoms. The summed E-state index contributed by atoms with van der Waals surface area (Å²) in [5, 5.41) is 2.73. The first kappa shape index (κ1) is 21.4. The van der Waals surface area contributed by atoms with Crippen LogP contribution in [0.25, 0.3) is 32.9 Å². The molecular weight excluding hydrogens is 455 g/mol. The highest BCUT2D eigenvalue weighted by Crippen LogP contribution is 2.37. The topological polar surface area (TPSA) is 57.2 Å². The van der Waals surface area contributed by atoms with E-state index >= 15 is 0 Å². The van der Waals surface area contributed by atoms with Crippen LogP contribution in [-0.4, -0.2) is 17.6 Å². The highest BCUT2D eigenvalue weighted by Gasteiger charge is 2.18. The highest BCUT2D eigenvalue weighted by molar-refractivity contribution is 6.36. The van der Waals surface area contributed by atoms with Crippen molar-refractivity contribution in [3.63, 3.8) is 0 Å². The van der Waals surface area contributed by atoms with Gasteiger partial charge in [0.1, 0.15) is 5.75 Å². The molecule has 0 aliphatic carbocycles. The Balaban J connectivity index is 1.81. The van der Waals surface area contributed by atoms with Gasteiger partial charge in [0, 0.05) is 37.5 Å². The van der Waals surface area contributed by atoms with Gasteiger partial charge in [0.15, 0.2) is 0 Å². The SMILES string of the molecule is COc1ccccc1Cn1c2cc(-c3ccc(Cl)cc3Cl)c[c]c2c2c(C(N)=O)cccc21. The maximum absolute atomic E-state index is 12.2. The number of nitrogens with two attached hydrogens (primary N) is 1. The number of nitrogens with zero attached hydrogens (tertiary/aromatic N) is 1. The van der Waals surface area contributed by atoms with E-state index in [9.17, 15) is 4.79 Å². The van der Waals surface area contributed by atoms with E-state index in [1.54, 1.807) is 19.2 Å². The second-order valence-electron chi connectivity index (χ2n) is 7.73. The van der Waals surface area contributed by atoms with E-state index in [0.29, 0.717) is 22.2 Å². The van der Waals surface area contributed by atoms with Crippen LogP contribution in [0.15, 0.2) is 72.8 Å². The number of carbonyl (C=O) groups excluding carboxylic acids is 1. The minimum Gasteiger partial charge on any atom is -0.496 e. The Bertz CT molecular complexity index is 1540. The highest BCUT2D eigenvalue weighted by atomic mass is 35.5. The zero-order chi connectivity index (χ0) is 23.1. The van der Waals surface area contributed by atoms with Crippen molar-refractivity contribution < 1.29 is 9.53 Å². The monoisotopic (exact) mass is 473 g/mol. The minimum absolute atomic E-state index is 0.463. The smallest absolute Gasteiger partial charge is 0.249 e. The fraction of sp³-hybridized carbons (Fsp3) is 0.0741. The van der Waals surface area contributed by atoms with E-state index < -0.39 is 5.91 Å². The van der Waals surface area contributed by atoms with E-state index in [1.807, 2.05) is 54.6 Å².